The van der Waals surface area contributed by atoms with E-state index in [2.05, 4.69) is 46.3 Å². The zero-order chi connectivity index (χ0) is 12.0. The molecule has 0 aliphatic heterocycles. The van der Waals surface area contributed by atoms with Crippen molar-refractivity contribution < 1.29 is 4.74 Å². The quantitative estimate of drug-likeness (QED) is 0.800. The van der Waals surface area contributed by atoms with Crippen LogP contribution in [0.3, 0.4) is 0 Å². The zero-order valence-corrected chi connectivity index (χ0v) is 12.4. The molecular weight excluding hydrogens is 286 g/mol. The molecule has 1 rings (SSSR count). The van der Waals surface area contributed by atoms with E-state index in [0.717, 1.165) is 23.3 Å². The molecule has 0 unspecified atom stereocenters. The van der Waals surface area contributed by atoms with Crippen LogP contribution in [0, 0.1) is 0 Å². The molecular formula is C12H18BrNOS. The number of halogens is 1. The molecule has 0 aromatic heterocycles. The SMILES string of the molecule is COc1ccc(CN(C)CCSC)cc1Br. The number of benzene rings is 1. The molecule has 90 valence electrons. The molecule has 16 heavy (non-hydrogen) atoms. The number of methoxy groups -OCH3 is 1. The predicted molar refractivity (Wildman–Crippen MR) is 75.4 cm³/mol. The Morgan fingerprint density at radius 2 is 2.19 bits per heavy atom. The van der Waals surface area contributed by atoms with E-state index in [1.165, 1.54) is 11.3 Å². The third-order valence-corrected chi connectivity index (χ3v) is 3.56. The molecule has 0 bridgehead atoms. The van der Waals surface area contributed by atoms with Crippen molar-refractivity contribution >= 4 is 27.7 Å². The Balaban J connectivity index is 2.57. The van der Waals surface area contributed by atoms with Crippen LogP contribution in [-0.2, 0) is 6.54 Å². The van der Waals surface area contributed by atoms with E-state index in [9.17, 15) is 0 Å². The first kappa shape index (κ1) is 13.9. The number of nitrogens with zero attached hydrogens (tertiary/aromatic N) is 1. The maximum absolute atomic E-state index is 5.21. The van der Waals surface area contributed by atoms with Crippen LogP contribution in [0.1, 0.15) is 5.56 Å². The van der Waals surface area contributed by atoms with E-state index < -0.39 is 0 Å². The van der Waals surface area contributed by atoms with E-state index in [-0.39, 0.29) is 0 Å². The highest BCUT2D eigenvalue weighted by Crippen LogP contribution is 2.25. The molecule has 0 atom stereocenters. The fourth-order valence-corrected chi connectivity index (χ4v) is 2.53. The molecule has 0 N–H and O–H groups in total. The second-order valence-corrected chi connectivity index (χ2v) is 5.54. The lowest BCUT2D eigenvalue weighted by Crippen LogP contribution is -2.20. The van der Waals surface area contributed by atoms with E-state index in [1.807, 2.05) is 17.8 Å². The number of ether oxygens (including phenoxy) is 1. The largest absolute Gasteiger partial charge is 0.496 e. The average molecular weight is 304 g/mol. The number of rotatable bonds is 6. The van der Waals surface area contributed by atoms with Crippen LogP contribution in [0.25, 0.3) is 0 Å². The molecule has 0 spiro atoms. The summed E-state index contributed by atoms with van der Waals surface area (Å²) in [5.41, 5.74) is 1.30. The average Bonchev–Trinajstić information content (AvgIpc) is 2.26. The first-order valence-corrected chi connectivity index (χ1v) is 7.36. The van der Waals surface area contributed by atoms with Crippen molar-refractivity contribution in [2.45, 2.75) is 6.54 Å². The van der Waals surface area contributed by atoms with E-state index >= 15 is 0 Å². The minimum atomic E-state index is 0.885. The van der Waals surface area contributed by atoms with Gasteiger partial charge in [-0.05, 0) is 46.9 Å². The van der Waals surface area contributed by atoms with Crippen molar-refractivity contribution in [2.24, 2.45) is 0 Å². The van der Waals surface area contributed by atoms with Crippen LogP contribution < -0.4 is 4.74 Å². The molecule has 0 saturated carbocycles. The van der Waals surface area contributed by atoms with Gasteiger partial charge < -0.3 is 9.64 Å². The smallest absolute Gasteiger partial charge is 0.133 e. The fourth-order valence-electron chi connectivity index (χ4n) is 1.45. The molecule has 0 heterocycles. The Morgan fingerprint density at radius 3 is 2.75 bits per heavy atom. The lowest BCUT2D eigenvalue weighted by atomic mass is 10.2. The van der Waals surface area contributed by atoms with Gasteiger partial charge in [0.1, 0.15) is 5.75 Å². The highest BCUT2D eigenvalue weighted by atomic mass is 79.9. The molecule has 4 heteroatoms. The molecule has 1 aromatic rings. The van der Waals surface area contributed by atoms with Gasteiger partial charge in [-0.3, -0.25) is 0 Å². The highest BCUT2D eigenvalue weighted by Gasteiger charge is 2.04. The van der Waals surface area contributed by atoms with Gasteiger partial charge in [0.2, 0.25) is 0 Å². The molecule has 0 radical (unpaired) electrons. The van der Waals surface area contributed by atoms with Crippen molar-refractivity contribution in [3.63, 3.8) is 0 Å². The predicted octanol–water partition coefficient (Wildman–Crippen LogP) is 3.25. The van der Waals surface area contributed by atoms with Gasteiger partial charge in [-0.2, -0.15) is 11.8 Å². The standard InChI is InChI=1S/C12H18BrNOS/c1-14(6-7-16-3)9-10-4-5-12(15-2)11(13)8-10/h4-5,8H,6-7,9H2,1-3H3. The molecule has 0 saturated heterocycles. The third kappa shape index (κ3) is 4.36. The van der Waals surface area contributed by atoms with E-state index in [4.69, 9.17) is 4.74 Å². The van der Waals surface area contributed by atoms with Gasteiger partial charge in [-0.15, -0.1) is 0 Å². The summed E-state index contributed by atoms with van der Waals surface area (Å²) < 4.78 is 6.23. The van der Waals surface area contributed by atoms with Crippen LogP contribution in [0.15, 0.2) is 22.7 Å². The number of thioether (sulfide) groups is 1. The van der Waals surface area contributed by atoms with Crippen molar-refractivity contribution in [1.82, 2.24) is 4.90 Å². The van der Waals surface area contributed by atoms with Gasteiger partial charge in [0.15, 0.2) is 0 Å². The van der Waals surface area contributed by atoms with Gasteiger partial charge in [-0.1, -0.05) is 6.07 Å². The van der Waals surface area contributed by atoms with Gasteiger partial charge in [0, 0.05) is 18.8 Å². The first-order valence-electron chi connectivity index (χ1n) is 5.17. The number of hydrogen-bond donors (Lipinski definition) is 0. The fraction of sp³-hybridized carbons (Fsp3) is 0.500. The second-order valence-electron chi connectivity index (χ2n) is 3.70. The summed E-state index contributed by atoms with van der Waals surface area (Å²) >= 11 is 5.38. The Morgan fingerprint density at radius 1 is 1.44 bits per heavy atom. The summed E-state index contributed by atoms with van der Waals surface area (Å²) in [7, 11) is 3.83. The maximum Gasteiger partial charge on any atom is 0.133 e. The minimum Gasteiger partial charge on any atom is -0.496 e. The Labute approximate surface area is 110 Å². The topological polar surface area (TPSA) is 12.5 Å². The summed E-state index contributed by atoms with van der Waals surface area (Å²) in [4.78, 5) is 2.32. The highest BCUT2D eigenvalue weighted by molar-refractivity contribution is 9.10. The number of hydrogen-bond acceptors (Lipinski definition) is 3. The third-order valence-electron chi connectivity index (χ3n) is 2.35. The van der Waals surface area contributed by atoms with Crippen LogP contribution in [-0.4, -0.2) is 37.6 Å². The summed E-state index contributed by atoms with van der Waals surface area (Å²) in [6.45, 7) is 2.09. The van der Waals surface area contributed by atoms with Crippen molar-refractivity contribution in [3.8, 4) is 5.75 Å². The first-order chi connectivity index (χ1) is 7.67. The van der Waals surface area contributed by atoms with Crippen LogP contribution in [0.4, 0.5) is 0 Å². The van der Waals surface area contributed by atoms with Crippen molar-refractivity contribution in [2.75, 3.05) is 32.7 Å². The molecule has 0 amide bonds. The molecule has 2 nitrogen and oxygen atoms in total. The summed E-state index contributed by atoms with van der Waals surface area (Å²) in [5.74, 6) is 2.06. The lowest BCUT2D eigenvalue weighted by Gasteiger charge is -2.16. The van der Waals surface area contributed by atoms with Gasteiger partial charge in [-0.25, -0.2) is 0 Å². The molecule has 0 aliphatic carbocycles. The van der Waals surface area contributed by atoms with E-state index in [0.29, 0.717) is 0 Å². The molecule has 1 aromatic carbocycles. The summed E-state index contributed by atoms with van der Waals surface area (Å²) in [5, 5.41) is 0. The molecule has 0 aliphatic rings. The van der Waals surface area contributed by atoms with Crippen LogP contribution in [0.2, 0.25) is 0 Å². The maximum atomic E-state index is 5.21. The van der Waals surface area contributed by atoms with Gasteiger partial charge in [0.05, 0.1) is 11.6 Å². The van der Waals surface area contributed by atoms with Crippen LogP contribution in [0.5, 0.6) is 5.75 Å². The normalized spacial score (nSPS) is 10.8. The van der Waals surface area contributed by atoms with Gasteiger partial charge >= 0.3 is 0 Å². The monoisotopic (exact) mass is 303 g/mol. The second kappa shape index (κ2) is 7.20. The summed E-state index contributed by atoms with van der Waals surface area (Å²) in [6.07, 6.45) is 2.14. The zero-order valence-electron chi connectivity index (χ0n) is 10.00. The Bertz CT molecular complexity index is 333. The minimum absolute atomic E-state index is 0.885. The van der Waals surface area contributed by atoms with Crippen LogP contribution >= 0.6 is 27.7 Å². The lowest BCUT2D eigenvalue weighted by molar-refractivity contribution is 0.348. The van der Waals surface area contributed by atoms with Crippen molar-refractivity contribution in [3.05, 3.63) is 28.2 Å². The Kier molecular flexibility index (Phi) is 6.24. The Hall–Kier alpha value is -0.190. The molecule has 0 fully saturated rings. The summed E-state index contributed by atoms with van der Waals surface area (Å²) in [6, 6.07) is 6.23. The van der Waals surface area contributed by atoms with Crippen molar-refractivity contribution in [1.29, 1.82) is 0 Å². The van der Waals surface area contributed by atoms with Gasteiger partial charge in [0.25, 0.3) is 0 Å². The van der Waals surface area contributed by atoms with E-state index in [1.54, 1.807) is 7.11 Å².